The molecule has 1 heterocycles. The topological polar surface area (TPSA) is 119 Å². The summed E-state index contributed by atoms with van der Waals surface area (Å²) in [5.74, 6) is -2.71. The van der Waals surface area contributed by atoms with Gasteiger partial charge in [0.25, 0.3) is 0 Å². The minimum Gasteiger partial charge on any atom is -0.478 e. The van der Waals surface area contributed by atoms with E-state index in [1.54, 1.807) is 18.4 Å². The van der Waals surface area contributed by atoms with Crippen LogP contribution in [0.25, 0.3) is 6.08 Å². The number of hydrogen-bond acceptors (Lipinski definition) is 7. The molecule has 0 radical (unpaired) electrons. The van der Waals surface area contributed by atoms with Gasteiger partial charge in [0.2, 0.25) is 5.91 Å². The molecule has 1 aromatic heterocycles. The number of aryl methyl sites for hydroxylation is 1. The van der Waals surface area contributed by atoms with Crippen LogP contribution in [0.5, 0.6) is 11.5 Å². The quantitative estimate of drug-likeness (QED) is 0.432. The molecular weight excluding hydrogens is 386 g/mol. The summed E-state index contributed by atoms with van der Waals surface area (Å²) in [5.41, 5.74) is 1.11. The molecule has 0 fully saturated rings. The van der Waals surface area contributed by atoms with Crippen molar-refractivity contribution in [3.05, 3.63) is 46.3 Å². The average Bonchev–Trinajstić information content (AvgIpc) is 2.94. The molecule has 0 bridgehead atoms. The maximum Gasteiger partial charge on any atom is 0.338 e. The molecule has 2 aromatic rings. The number of carbonyl (C=O) groups is 4. The molecule has 2 N–H and O–H groups in total. The molecule has 0 saturated carbocycles. The first kappa shape index (κ1) is 20.8. The summed E-state index contributed by atoms with van der Waals surface area (Å²) in [5, 5.41) is 13.6. The van der Waals surface area contributed by atoms with Gasteiger partial charge in [0.1, 0.15) is 5.00 Å². The number of esters is 2. The first-order valence-electron chi connectivity index (χ1n) is 7.98. The highest BCUT2D eigenvalue weighted by Gasteiger charge is 2.17. The Morgan fingerprint density at radius 3 is 2.32 bits per heavy atom. The van der Waals surface area contributed by atoms with Gasteiger partial charge in [0.05, 0.1) is 5.56 Å². The van der Waals surface area contributed by atoms with E-state index >= 15 is 0 Å². The van der Waals surface area contributed by atoms with Crippen molar-refractivity contribution in [2.24, 2.45) is 0 Å². The van der Waals surface area contributed by atoms with Crippen LogP contribution in [-0.2, 0) is 14.4 Å². The Morgan fingerprint density at radius 1 is 1.07 bits per heavy atom. The normalized spacial score (nSPS) is 10.5. The lowest BCUT2D eigenvalue weighted by atomic mass is 10.2. The molecule has 1 aromatic carbocycles. The van der Waals surface area contributed by atoms with Gasteiger partial charge in [-0.15, -0.1) is 11.3 Å². The predicted octanol–water partition coefficient (Wildman–Crippen LogP) is 3.26. The average molecular weight is 403 g/mol. The van der Waals surface area contributed by atoms with Gasteiger partial charge in [-0.2, -0.15) is 0 Å². The summed E-state index contributed by atoms with van der Waals surface area (Å²) in [6.45, 7) is 4.07. The summed E-state index contributed by atoms with van der Waals surface area (Å²) in [6.07, 6.45) is 2.65. The van der Waals surface area contributed by atoms with Crippen LogP contribution in [0.3, 0.4) is 0 Å². The number of aromatic carboxylic acids is 1. The van der Waals surface area contributed by atoms with Crippen molar-refractivity contribution in [3.8, 4) is 11.5 Å². The number of hydrogen-bond donors (Lipinski definition) is 2. The maximum atomic E-state index is 12.1. The summed E-state index contributed by atoms with van der Waals surface area (Å²) >= 11 is 1.12. The molecule has 0 aliphatic carbocycles. The Hall–Kier alpha value is -3.46. The molecule has 9 heteroatoms. The Bertz CT molecular complexity index is 975. The smallest absolute Gasteiger partial charge is 0.338 e. The van der Waals surface area contributed by atoms with E-state index in [9.17, 15) is 24.3 Å². The summed E-state index contributed by atoms with van der Waals surface area (Å²) in [6, 6.07) is 4.43. The fourth-order valence-electron chi connectivity index (χ4n) is 2.23. The van der Waals surface area contributed by atoms with Crippen LogP contribution in [-0.4, -0.2) is 28.9 Å². The van der Waals surface area contributed by atoms with Crippen LogP contribution >= 0.6 is 11.3 Å². The van der Waals surface area contributed by atoms with Gasteiger partial charge in [-0.05, 0) is 41.6 Å². The van der Waals surface area contributed by atoms with Crippen molar-refractivity contribution in [2.75, 3.05) is 5.32 Å². The molecule has 0 spiro atoms. The molecule has 146 valence electrons. The maximum absolute atomic E-state index is 12.1. The fourth-order valence-corrected chi connectivity index (χ4v) is 3.17. The summed E-state index contributed by atoms with van der Waals surface area (Å²) in [4.78, 5) is 45.7. The van der Waals surface area contributed by atoms with Crippen molar-refractivity contribution >= 4 is 46.2 Å². The summed E-state index contributed by atoms with van der Waals surface area (Å²) < 4.78 is 9.99. The third kappa shape index (κ3) is 5.52. The minimum absolute atomic E-state index is 0.0345. The van der Waals surface area contributed by atoms with Gasteiger partial charge < -0.3 is 19.9 Å². The van der Waals surface area contributed by atoms with Crippen molar-refractivity contribution in [2.45, 2.75) is 20.8 Å². The van der Waals surface area contributed by atoms with Gasteiger partial charge in [0.15, 0.2) is 11.5 Å². The third-order valence-corrected chi connectivity index (χ3v) is 4.34. The molecule has 0 atom stereocenters. The van der Waals surface area contributed by atoms with Gasteiger partial charge in [0, 0.05) is 19.9 Å². The van der Waals surface area contributed by atoms with Crippen molar-refractivity contribution in [1.29, 1.82) is 0 Å². The third-order valence-electron chi connectivity index (χ3n) is 3.33. The van der Waals surface area contributed by atoms with Crippen molar-refractivity contribution in [1.82, 2.24) is 0 Å². The van der Waals surface area contributed by atoms with Crippen molar-refractivity contribution < 1.29 is 33.8 Å². The second-order valence-electron chi connectivity index (χ2n) is 5.64. The number of anilines is 1. The Balaban J connectivity index is 2.19. The molecule has 8 nitrogen and oxygen atoms in total. The number of ether oxygens (including phenoxy) is 2. The van der Waals surface area contributed by atoms with E-state index in [0.29, 0.717) is 11.1 Å². The standard InChI is InChI=1S/C19H17NO7S/c1-10-9-28-18(17(10)19(24)25)20-16(23)7-5-13-4-6-14(26-11(2)21)15(8-13)27-12(3)22/h4-9H,1-3H3,(H,20,23)(H,24,25). The molecule has 2 rings (SSSR count). The fraction of sp³-hybridized carbons (Fsp3) is 0.158. The van der Waals surface area contributed by atoms with Crippen LogP contribution in [0.4, 0.5) is 5.00 Å². The number of benzene rings is 1. The zero-order chi connectivity index (χ0) is 20.8. The van der Waals surface area contributed by atoms with E-state index in [1.807, 2.05) is 0 Å². The predicted molar refractivity (Wildman–Crippen MR) is 103 cm³/mol. The van der Waals surface area contributed by atoms with E-state index in [-0.39, 0.29) is 22.1 Å². The van der Waals surface area contributed by atoms with Crippen LogP contribution in [0.15, 0.2) is 29.7 Å². The lowest BCUT2D eigenvalue weighted by Crippen LogP contribution is -2.10. The van der Waals surface area contributed by atoms with E-state index in [4.69, 9.17) is 9.47 Å². The van der Waals surface area contributed by atoms with E-state index in [1.165, 1.54) is 38.1 Å². The zero-order valence-corrected chi connectivity index (χ0v) is 16.1. The lowest BCUT2D eigenvalue weighted by Gasteiger charge is -2.09. The molecule has 0 saturated heterocycles. The first-order valence-corrected chi connectivity index (χ1v) is 8.86. The highest BCUT2D eigenvalue weighted by atomic mass is 32.1. The number of thiophene rings is 1. The number of carboxylic acids is 1. The number of carboxylic acid groups (broad SMARTS) is 1. The number of rotatable bonds is 6. The Kier molecular flexibility index (Phi) is 6.67. The summed E-state index contributed by atoms with van der Waals surface area (Å²) in [7, 11) is 0. The molecule has 28 heavy (non-hydrogen) atoms. The molecule has 0 aliphatic heterocycles. The number of carbonyl (C=O) groups excluding carboxylic acids is 3. The molecule has 0 aliphatic rings. The minimum atomic E-state index is -1.12. The van der Waals surface area contributed by atoms with E-state index in [0.717, 1.165) is 11.3 Å². The van der Waals surface area contributed by atoms with Crippen LogP contribution in [0.1, 0.15) is 35.3 Å². The number of nitrogens with one attached hydrogen (secondary N) is 1. The molecule has 0 unspecified atom stereocenters. The van der Waals surface area contributed by atoms with Gasteiger partial charge in [-0.25, -0.2) is 4.79 Å². The van der Waals surface area contributed by atoms with Crippen LogP contribution in [0, 0.1) is 6.92 Å². The highest BCUT2D eigenvalue weighted by molar-refractivity contribution is 7.15. The molecule has 1 amide bonds. The number of amides is 1. The molecular formula is C19H17NO7S. The first-order chi connectivity index (χ1) is 13.2. The van der Waals surface area contributed by atoms with E-state index in [2.05, 4.69) is 5.32 Å². The largest absolute Gasteiger partial charge is 0.478 e. The lowest BCUT2D eigenvalue weighted by molar-refractivity contribution is -0.134. The Labute approximate surface area is 164 Å². The van der Waals surface area contributed by atoms with E-state index < -0.39 is 23.8 Å². The van der Waals surface area contributed by atoms with Gasteiger partial charge in [-0.3, -0.25) is 14.4 Å². The van der Waals surface area contributed by atoms with Gasteiger partial charge in [-0.1, -0.05) is 6.07 Å². The van der Waals surface area contributed by atoms with Crippen molar-refractivity contribution in [3.63, 3.8) is 0 Å². The second kappa shape index (κ2) is 8.96. The highest BCUT2D eigenvalue weighted by Crippen LogP contribution is 2.30. The van der Waals surface area contributed by atoms with Crippen LogP contribution < -0.4 is 14.8 Å². The van der Waals surface area contributed by atoms with Crippen LogP contribution in [0.2, 0.25) is 0 Å². The monoisotopic (exact) mass is 403 g/mol. The van der Waals surface area contributed by atoms with Gasteiger partial charge >= 0.3 is 17.9 Å². The Morgan fingerprint density at radius 2 is 1.71 bits per heavy atom. The SMILES string of the molecule is CC(=O)Oc1ccc(C=CC(=O)Nc2scc(C)c2C(=O)O)cc1OC(C)=O. The second-order valence-corrected chi connectivity index (χ2v) is 6.52. The zero-order valence-electron chi connectivity index (χ0n) is 15.3.